The molecular weight excluding hydrogens is 318 g/mol. The van der Waals surface area contributed by atoms with E-state index in [0.29, 0.717) is 22.7 Å². The van der Waals surface area contributed by atoms with Gasteiger partial charge in [-0.3, -0.25) is 4.79 Å². The van der Waals surface area contributed by atoms with Crippen LogP contribution in [-0.2, 0) is 4.79 Å². The highest BCUT2D eigenvalue weighted by molar-refractivity contribution is 6.34. The Morgan fingerprint density at radius 2 is 1.88 bits per heavy atom. The van der Waals surface area contributed by atoms with Crippen LogP contribution in [0, 0.1) is 0 Å². The Balaban J connectivity index is 1.70. The molecule has 0 saturated heterocycles. The summed E-state index contributed by atoms with van der Waals surface area (Å²) >= 11 is 0. The summed E-state index contributed by atoms with van der Waals surface area (Å²) in [6, 6.07) is 17.5. The van der Waals surface area contributed by atoms with Gasteiger partial charge in [-0.15, -0.1) is 0 Å². The van der Waals surface area contributed by atoms with Crippen LogP contribution in [0.3, 0.4) is 0 Å². The summed E-state index contributed by atoms with van der Waals surface area (Å²) in [5.41, 5.74) is 3.01. The number of anilines is 1. The van der Waals surface area contributed by atoms with Crippen molar-refractivity contribution in [2.45, 2.75) is 0 Å². The molecule has 2 heterocycles. The first-order valence-electron chi connectivity index (χ1n) is 7.68. The maximum Gasteiger partial charge on any atom is 0.335 e. The second-order valence-electron chi connectivity index (χ2n) is 5.65. The summed E-state index contributed by atoms with van der Waals surface area (Å²) in [7, 11) is 0. The van der Waals surface area contributed by atoms with Gasteiger partial charge in [-0.2, -0.15) is 0 Å². The Labute approximate surface area is 143 Å². The molecule has 3 aromatic rings. The van der Waals surface area contributed by atoms with Gasteiger partial charge in [0.1, 0.15) is 11.5 Å². The van der Waals surface area contributed by atoms with Crippen molar-refractivity contribution >= 4 is 29.2 Å². The average Bonchev–Trinajstić information content (AvgIpc) is 3.21. The van der Waals surface area contributed by atoms with Gasteiger partial charge in [0.15, 0.2) is 0 Å². The van der Waals surface area contributed by atoms with Gasteiger partial charge in [0.25, 0.3) is 5.91 Å². The highest BCUT2D eigenvalue weighted by atomic mass is 16.4. The van der Waals surface area contributed by atoms with Crippen molar-refractivity contribution in [3.8, 4) is 11.3 Å². The van der Waals surface area contributed by atoms with Crippen LogP contribution in [0.5, 0.6) is 0 Å². The molecule has 5 heteroatoms. The van der Waals surface area contributed by atoms with Crippen molar-refractivity contribution in [2.75, 3.05) is 5.32 Å². The monoisotopic (exact) mass is 331 g/mol. The van der Waals surface area contributed by atoms with Gasteiger partial charge in [-0.1, -0.05) is 30.3 Å². The minimum absolute atomic E-state index is 0.174. The van der Waals surface area contributed by atoms with Crippen LogP contribution in [0.25, 0.3) is 23.0 Å². The lowest BCUT2D eigenvalue weighted by Crippen LogP contribution is -2.03. The van der Waals surface area contributed by atoms with E-state index in [1.54, 1.807) is 36.4 Å². The van der Waals surface area contributed by atoms with Crippen LogP contribution >= 0.6 is 0 Å². The Hall–Kier alpha value is -3.60. The predicted octanol–water partition coefficient (Wildman–Crippen LogP) is 4.14. The third-order valence-corrected chi connectivity index (χ3v) is 4.02. The summed E-state index contributed by atoms with van der Waals surface area (Å²) in [4.78, 5) is 23.2. The number of rotatable bonds is 3. The molecule has 25 heavy (non-hydrogen) atoms. The quantitative estimate of drug-likeness (QED) is 0.707. The van der Waals surface area contributed by atoms with Crippen molar-refractivity contribution < 1.29 is 19.1 Å². The van der Waals surface area contributed by atoms with E-state index in [1.807, 2.05) is 24.3 Å². The minimum Gasteiger partial charge on any atom is -0.478 e. The van der Waals surface area contributed by atoms with E-state index >= 15 is 0 Å². The van der Waals surface area contributed by atoms with E-state index in [2.05, 4.69) is 5.32 Å². The number of amides is 1. The molecule has 0 atom stereocenters. The molecule has 0 fully saturated rings. The molecule has 0 aliphatic carbocycles. The molecule has 2 aromatic carbocycles. The zero-order valence-electron chi connectivity index (χ0n) is 13.0. The number of nitrogens with one attached hydrogen (secondary N) is 1. The molecule has 5 nitrogen and oxygen atoms in total. The fourth-order valence-electron chi connectivity index (χ4n) is 2.82. The summed E-state index contributed by atoms with van der Waals surface area (Å²) in [5, 5.41) is 11.9. The number of carbonyl (C=O) groups is 2. The lowest BCUT2D eigenvalue weighted by Gasteiger charge is -1.99. The van der Waals surface area contributed by atoms with Crippen LogP contribution < -0.4 is 5.32 Å². The largest absolute Gasteiger partial charge is 0.478 e. The molecule has 2 N–H and O–H groups in total. The molecule has 0 unspecified atom stereocenters. The fraction of sp³-hybridized carbons (Fsp3) is 0. The van der Waals surface area contributed by atoms with E-state index in [-0.39, 0.29) is 11.5 Å². The number of benzene rings is 2. The Morgan fingerprint density at radius 1 is 1.04 bits per heavy atom. The SMILES string of the molecule is O=C1Nc2ccccc2/C1=C/c1ccc(-c2cccc(C(=O)O)c2)o1. The van der Waals surface area contributed by atoms with E-state index in [4.69, 9.17) is 9.52 Å². The number of hydrogen-bond acceptors (Lipinski definition) is 3. The molecule has 122 valence electrons. The third kappa shape index (κ3) is 2.72. The standard InChI is InChI=1S/C20H13NO4/c22-19-16(15-6-1-2-7-17(15)21-19)11-14-8-9-18(25-14)12-4-3-5-13(10-12)20(23)24/h1-11H,(H,21,22)(H,23,24)/b16-11-. The molecule has 1 aliphatic rings. The van der Waals surface area contributed by atoms with Crippen LogP contribution in [0.15, 0.2) is 65.1 Å². The fourth-order valence-corrected chi connectivity index (χ4v) is 2.82. The van der Waals surface area contributed by atoms with Gasteiger partial charge in [0.05, 0.1) is 11.1 Å². The maximum absolute atomic E-state index is 12.1. The van der Waals surface area contributed by atoms with Crippen molar-refractivity contribution in [2.24, 2.45) is 0 Å². The lowest BCUT2D eigenvalue weighted by atomic mass is 10.1. The van der Waals surface area contributed by atoms with Gasteiger partial charge in [0, 0.05) is 16.8 Å². The molecular formula is C20H13NO4. The number of para-hydroxylation sites is 1. The number of aromatic carboxylic acids is 1. The molecule has 1 amide bonds. The van der Waals surface area contributed by atoms with Gasteiger partial charge in [-0.25, -0.2) is 4.79 Å². The second kappa shape index (κ2) is 5.79. The first kappa shape index (κ1) is 15.0. The minimum atomic E-state index is -0.991. The average molecular weight is 331 g/mol. The molecule has 1 aromatic heterocycles. The molecule has 4 rings (SSSR count). The number of carboxylic acids is 1. The third-order valence-electron chi connectivity index (χ3n) is 4.02. The van der Waals surface area contributed by atoms with Gasteiger partial charge < -0.3 is 14.8 Å². The lowest BCUT2D eigenvalue weighted by molar-refractivity contribution is -0.110. The summed E-state index contributed by atoms with van der Waals surface area (Å²) in [6.07, 6.45) is 1.69. The van der Waals surface area contributed by atoms with Crippen LogP contribution in [0.2, 0.25) is 0 Å². The first-order chi connectivity index (χ1) is 12.1. The highest BCUT2D eigenvalue weighted by Crippen LogP contribution is 2.33. The normalized spacial score (nSPS) is 14.4. The van der Waals surface area contributed by atoms with E-state index in [9.17, 15) is 9.59 Å². The molecule has 0 bridgehead atoms. The summed E-state index contributed by atoms with van der Waals surface area (Å²) in [6.45, 7) is 0. The molecule has 0 saturated carbocycles. The Kier molecular flexibility index (Phi) is 3.47. The van der Waals surface area contributed by atoms with E-state index < -0.39 is 5.97 Å². The van der Waals surface area contributed by atoms with E-state index in [1.165, 1.54) is 6.07 Å². The van der Waals surface area contributed by atoms with Gasteiger partial charge in [-0.05, 0) is 36.4 Å². The number of carboxylic acid groups (broad SMARTS) is 1. The smallest absolute Gasteiger partial charge is 0.335 e. The highest BCUT2D eigenvalue weighted by Gasteiger charge is 2.23. The van der Waals surface area contributed by atoms with Gasteiger partial charge >= 0.3 is 5.97 Å². The first-order valence-corrected chi connectivity index (χ1v) is 7.68. The Morgan fingerprint density at radius 3 is 2.72 bits per heavy atom. The summed E-state index contributed by atoms with van der Waals surface area (Å²) in [5.74, 6) is -0.0961. The van der Waals surface area contributed by atoms with Crippen molar-refractivity contribution in [3.63, 3.8) is 0 Å². The molecule has 0 radical (unpaired) electrons. The van der Waals surface area contributed by atoms with E-state index in [0.717, 1.165) is 11.3 Å². The zero-order valence-corrected chi connectivity index (χ0v) is 13.0. The van der Waals surface area contributed by atoms with Gasteiger partial charge in [0.2, 0.25) is 0 Å². The summed E-state index contributed by atoms with van der Waals surface area (Å²) < 4.78 is 5.78. The number of fused-ring (bicyclic) bond motifs is 1. The molecule has 1 aliphatic heterocycles. The number of hydrogen-bond donors (Lipinski definition) is 2. The van der Waals surface area contributed by atoms with Crippen molar-refractivity contribution in [1.82, 2.24) is 0 Å². The number of furan rings is 1. The van der Waals surface area contributed by atoms with Crippen LogP contribution in [0.4, 0.5) is 5.69 Å². The van der Waals surface area contributed by atoms with Crippen molar-refractivity contribution in [3.05, 3.63) is 77.6 Å². The maximum atomic E-state index is 12.1. The van der Waals surface area contributed by atoms with Crippen molar-refractivity contribution in [1.29, 1.82) is 0 Å². The Bertz CT molecular complexity index is 1030. The predicted molar refractivity (Wildman–Crippen MR) is 94.0 cm³/mol. The second-order valence-corrected chi connectivity index (χ2v) is 5.65. The number of carbonyl (C=O) groups excluding carboxylic acids is 1. The molecule has 0 spiro atoms. The van der Waals surface area contributed by atoms with Crippen LogP contribution in [-0.4, -0.2) is 17.0 Å². The topological polar surface area (TPSA) is 79.5 Å². The zero-order chi connectivity index (χ0) is 17.4. The van der Waals surface area contributed by atoms with Crippen LogP contribution in [0.1, 0.15) is 21.7 Å².